The Morgan fingerprint density at radius 3 is 2.84 bits per heavy atom. The van der Waals surface area contributed by atoms with E-state index in [2.05, 4.69) is 25.0 Å². The van der Waals surface area contributed by atoms with E-state index in [1.54, 1.807) is 6.07 Å². The second-order valence-electron chi connectivity index (χ2n) is 13.3. The molecule has 43 heavy (non-hydrogen) atoms. The largest absolute Gasteiger partial charge is 0.508 e. The van der Waals surface area contributed by atoms with Crippen molar-refractivity contribution in [2.75, 3.05) is 60.3 Å². The first-order valence-electron chi connectivity index (χ1n) is 15.8. The summed E-state index contributed by atoms with van der Waals surface area (Å²) in [6.07, 6.45) is 7.61. The fourth-order valence-electron chi connectivity index (χ4n) is 9.01. The average Bonchev–Trinajstić information content (AvgIpc) is 3.76. The molecule has 6 aliphatic heterocycles. The van der Waals surface area contributed by atoms with Gasteiger partial charge in [-0.25, -0.2) is 9.97 Å². The van der Waals surface area contributed by atoms with Crippen molar-refractivity contribution >= 4 is 49.7 Å². The van der Waals surface area contributed by atoms with Crippen LogP contribution in [0.3, 0.4) is 0 Å². The van der Waals surface area contributed by atoms with Crippen LogP contribution in [0.25, 0.3) is 10.2 Å². The second-order valence-corrected chi connectivity index (χ2v) is 14.4. The lowest BCUT2D eigenvalue weighted by Crippen LogP contribution is -2.66. The number of nitrogens with two attached hydrogens (primary N) is 1. The van der Waals surface area contributed by atoms with Crippen molar-refractivity contribution in [2.45, 2.75) is 75.2 Å². The molecule has 226 valence electrons. The molecule has 11 nitrogen and oxygen atoms in total. The highest BCUT2D eigenvalue weighted by Crippen LogP contribution is 2.50. The van der Waals surface area contributed by atoms with E-state index in [1.165, 1.54) is 29.7 Å². The standard InChI is InChI=1S/C31H38N8O3S/c1-36-26-24(39-14-17-4-5-20(33-17)25(39)29(36)41)19-6-11-37(23-13-18(40)12-21-27(23)43-30(32)35-21)15-22(19)34-28(26)42-16-31-7-2-9-38(31)10-3-8-31/h12-13,17,20,25,33,40H,2-11,14-16H2,1H3,(H2,32,35). The molecule has 1 amide bonds. The van der Waals surface area contributed by atoms with Crippen LogP contribution in [-0.4, -0.2) is 89.4 Å². The van der Waals surface area contributed by atoms with Gasteiger partial charge in [-0.05, 0) is 58.0 Å². The number of nitrogens with one attached hydrogen (secondary N) is 1. The van der Waals surface area contributed by atoms with Gasteiger partial charge in [-0.3, -0.25) is 9.69 Å². The van der Waals surface area contributed by atoms with Gasteiger partial charge in [0.2, 0.25) is 5.88 Å². The molecule has 0 spiro atoms. The van der Waals surface area contributed by atoms with Crippen LogP contribution in [0.2, 0.25) is 0 Å². The molecule has 8 heterocycles. The molecule has 4 fully saturated rings. The molecule has 6 aliphatic rings. The van der Waals surface area contributed by atoms with Crippen LogP contribution in [0.15, 0.2) is 12.1 Å². The molecule has 4 N–H and O–H groups in total. The quantitative estimate of drug-likeness (QED) is 0.411. The molecule has 4 saturated heterocycles. The maximum absolute atomic E-state index is 14.0. The second kappa shape index (κ2) is 9.33. The number of ether oxygens (including phenoxy) is 1. The van der Waals surface area contributed by atoms with E-state index in [-0.39, 0.29) is 29.3 Å². The summed E-state index contributed by atoms with van der Waals surface area (Å²) >= 11 is 1.45. The molecule has 2 aromatic heterocycles. The van der Waals surface area contributed by atoms with Crippen LogP contribution in [0, 0.1) is 0 Å². The van der Waals surface area contributed by atoms with Crippen molar-refractivity contribution in [3.05, 3.63) is 23.4 Å². The van der Waals surface area contributed by atoms with E-state index in [0.29, 0.717) is 35.7 Å². The maximum atomic E-state index is 14.0. The molecule has 0 radical (unpaired) electrons. The van der Waals surface area contributed by atoms with Crippen LogP contribution < -0.4 is 30.5 Å². The SMILES string of the molecule is CN1C(=O)C2C3CCC(CN2c2c4c(nc(OCC56CCCN5CCC6)c21)CN(c1cc(O)cc2nc(N)sc12)CC4)N3. The van der Waals surface area contributed by atoms with E-state index in [4.69, 9.17) is 15.5 Å². The smallest absolute Gasteiger partial charge is 0.251 e. The molecule has 3 aromatic rings. The topological polar surface area (TPSA) is 123 Å². The zero-order valence-corrected chi connectivity index (χ0v) is 25.3. The van der Waals surface area contributed by atoms with Crippen molar-refractivity contribution < 1.29 is 14.6 Å². The monoisotopic (exact) mass is 602 g/mol. The summed E-state index contributed by atoms with van der Waals surface area (Å²) in [5, 5.41) is 14.7. The van der Waals surface area contributed by atoms with E-state index in [0.717, 1.165) is 85.7 Å². The molecular formula is C31H38N8O3S. The van der Waals surface area contributed by atoms with Gasteiger partial charge in [0.05, 0.1) is 39.4 Å². The van der Waals surface area contributed by atoms with E-state index in [1.807, 2.05) is 18.0 Å². The predicted octanol–water partition coefficient (Wildman–Crippen LogP) is 2.83. The fourth-order valence-corrected chi connectivity index (χ4v) is 9.87. The lowest BCUT2D eigenvalue weighted by Gasteiger charge is -2.49. The Balaban J connectivity index is 1.16. The van der Waals surface area contributed by atoms with Gasteiger partial charge in [0.15, 0.2) is 5.13 Å². The van der Waals surface area contributed by atoms with Crippen LogP contribution in [-0.2, 0) is 17.8 Å². The Hall–Kier alpha value is -3.35. The van der Waals surface area contributed by atoms with Gasteiger partial charge in [-0.1, -0.05) is 11.3 Å². The van der Waals surface area contributed by atoms with Gasteiger partial charge in [0.1, 0.15) is 24.1 Å². The third-order valence-electron chi connectivity index (χ3n) is 11.0. The predicted molar refractivity (Wildman–Crippen MR) is 167 cm³/mol. The summed E-state index contributed by atoms with van der Waals surface area (Å²) in [7, 11) is 1.91. The van der Waals surface area contributed by atoms with Crippen molar-refractivity contribution in [1.82, 2.24) is 20.2 Å². The van der Waals surface area contributed by atoms with Crippen LogP contribution >= 0.6 is 11.3 Å². The normalized spacial score (nSPS) is 27.4. The first-order valence-corrected chi connectivity index (χ1v) is 16.6. The highest BCUT2D eigenvalue weighted by atomic mass is 32.1. The van der Waals surface area contributed by atoms with Gasteiger partial charge in [-0.2, -0.15) is 0 Å². The molecular weight excluding hydrogens is 564 g/mol. The number of phenols is 1. The minimum atomic E-state index is -0.210. The summed E-state index contributed by atoms with van der Waals surface area (Å²) in [5.41, 5.74) is 12.0. The third-order valence-corrected chi connectivity index (χ3v) is 11.9. The average molecular weight is 603 g/mol. The van der Waals surface area contributed by atoms with E-state index < -0.39 is 0 Å². The summed E-state index contributed by atoms with van der Waals surface area (Å²) in [4.78, 5) is 32.8. The number of hydrogen-bond acceptors (Lipinski definition) is 11. The molecule has 0 saturated carbocycles. The molecule has 3 unspecified atom stereocenters. The first kappa shape index (κ1) is 26.1. The Labute approximate surface area is 254 Å². The number of hydrogen-bond donors (Lipinski definition) is 3. The number of fused-ring (bicyclic) bond motifs is 10. The number of pyridine rings is 1. The van der Waals surface area contributed by atoms with Gasteiger partial charge in [0, 0.05) is 49.9 Å². The summed E-state index contributed by atoms with van der Waals surface area (Å²) in [6.45, 7) is 5.03. The molecule has 0 aliphatic carbocycles. The van der Waals surface area contributed by atoms with Gasteiger partial charge >= 0.3 is 0 Å². The Morgan fingerprint density at radius 2 is 2.00 bits per heavy atom. The minimum Gasteiger partial charge on any atom is -0.508 e. The van der Waals surface area contributed by atoms with Gasteiger partial charge in [0.25, 0.3) is 5.91 Å². The van der Waals surface area contributed by atoms with Crippen LogP contribution in [0.5, 0.6) is 11.6 Å². The number of likely N-dealkylation sites (N-methyl/N-ethyl adjacent to an activating group) is 1. The van der Waals surface area contributed by atoms with Crippen molar-refractivity contribution in [1.29, 1.82) is 0 Å². The number of carbonyl (C=O) groups is 1. The fraction of sp³-hybridized carbons (Fsp3) is 0.581. The number of nitrogen functional groups attached to an aromatic ring is 1. The number of aromatic nitrogens is 2. The Bertz CT molecular complexity index is 1650. The number of benzene rings is 1. The Kier molecular flexibility index (Phi) is 5.66. The number of carbonyl (C=O) groups excluding carboxylic acids is 1. The number of amides is 1. The number of rotatable bonds is 4. The molecule has 12 heteroatoms. The zero-order chi connectivity index (χ0) is 29.0. The number of anilines is 4. The Morgan fingerprint density at radius 1 is 1.16 bits per heavy atom. The van der Waals surface area contributed by atoms with E-state index in [9.17, 15) is 9.90 Å². The maximum Gasteiger partial charge on any atom is 0.251 e. The number of phenolic OH excluding ortho intramolecular Hbond substituents is 1. The van der Waals surface area contributed by atoms with Gasteiger partial charge in [-0.15, -0.1) is 0 Å². The van der Waals surface area contributed by atoms with Crippen molar-refractivity contribution in [3.8, 4) is 11.6 Å². The lowest BCUT2D eigenvalue weighted by atomic mass is 9.93. The number of piperazine rings is 1. The van der Waals surface area contributed by atoms with Gasteiger partial charge < -0.3 is 35.6 Å². The lowest BCUT2D eigenvalue weighted by molar-refractivity contribution is -0.120. The van der Waals surface area contributed by atoms with Crippen molar-refractivity contribution in [2.24, 2.45) is 0 Å². The zero-order valence-electron chi connectivity index (χ0n) is 24.5. The third kappa shape index (κ3) is 3.82. The molecule has 2 bridgehead atoms. The van der Waals surface area contributed by atoms with Crippen molar-refractivity contribution in [3.63, 3.8) is 0 Å². The van der Waals surface area contributed by atoms with E-state index >= 15 is 0 Å². The summed E-state index contributed by atoms with van der Waals surface area (Å²) < 4.78 is 7.76. The highest BCUT2D eigenvalue weighted by molar-refractivity contribution is 7.22. The number of thiazole rings is 1. The molecule has 3 atom stereocenters. The highest BCUT2D eigenvalue weighted by Gasteiger charge is 2.51. The molecule has 9 rings (SSSR count). The summed E-state index contributed by atoms with van der Waals surface area (Å²) in [5.74, 6) is 0.880. The number of aromatic hydroxyl groups is 1. The van der Waals surface area contributed by atoms with Crippen LogP contribution in [0.1, 0.15) is 49.8 Å². The number of nitrogens with zero attached hydrogens (tertiary/aromatic N) is 6. The molecule has 1 aromatic carbocycles. The van der Waals surface area contributed by atoms with Crippen LogP contribution in [0.4, 0.5) is 22.2 Å². The summed E-state index contributed by atoms with van der Waals surface area (Å²) in [6, 6.07) is 3.82. The first-order chi connectivity index (χ1) is 20.9. The minimum absolute atomic E-state index is 0.0731.